The van der Waals surface area contributed by atoms with Crippen LogP contribution in [-0.4, -0.2) is 37.1 Å². The molecular weight excluding hydrogens is 208 g/mol. The van der Waals surface area contributed by atoms with Gasteiger partial charge in [-0.15, -0.1) is 0 Å². The first kappa shape index (κ1) is 13.4. The van der Waals surface area contributed by atoms with Crippen molar-refractivity contribution in [1.82, 2.24) is 10.2 Å². The molecule has 2 rings (SSSR count). The van der Waals surface area contributed by atoms with Crippen LogP contribution in [0.2, 0.25) is 0 Å². The largest absolute Gasteiger partial charge is 0.314 e. The van der Waals surface area contributed by atoms with Gasteiger partial charge in [-0.3, -0.25) is 0 Å². The summed E-state index contributed by atoms with van der Waals surface area (Å²) in [5, 5.41) is 3.81. The quantitative estimate of drug-likeness (QED) is 0.654. The second-order valence-corrected chi connectivity index (χ2v) is 5.97. The maximum atomic E-state index is 3.81. The highest BCUT2D eigenvalue weighted by atomic mass is 15.2. The molecule has 100 valence electrons. The first-order valence-corrected chi connectivity index (χ1v) is 7.86. The lowest BCUT2D eigenvalue weighted by atomic mass is 9.94. The van der Waals surface area contributed by atoms with Crippen LogP contribution in [0.5, 0.6) is 0 Å². The number of nitrogens with zero attached hydrogens (tertiary/aromatic N) is 1. The number of nitrogens with one attached hydrogen (secondary N) is 1. The lowest BCUT2D eigenvalue weighted by Gasteiger charge is -2.31. The Bertz CT molecular complexity index is 205. The number of rotatable bonds is 8. The summed E-state index contributed by atoms with van der Waals surface area (Å²) in [6.45, 7) is 7.61. The van der Waals surface area contributed by atoms with Crippen molar-refractivity contribution in [2.45, 2.75) is 64.3 Å². The van der Waals surface area contributed by atoms with Gasteiger partial charge >= 0.3 is 0 Å². The van der Waals surface area contributed by atoms with Gasteiger partial charge in [0.2, 0.25) is 0 Å². The maximum absolute atomic E-state index is 3.81. The molecule has 2 heteroatoms. The molecule has 3 unspecified atom stereocenters. The van der Waals surface area contributed by atoms with Crippen molar-refractivity contribution >= 4 is 0 Å². The fraction of sp³-hybridized carbons (Fsp3) is 1.00. The van der Waals surface area contributed by atoms with Crippen LogP contribution in [0.4, 0.5) is 0 Å². The highest BCUT2D eigenvalue weighted by Gasteiger charge is 2.33. The zero-order valence-electron chi connectivity index (χ0n) is 11.6. The van der Waals surface area contributed by atoms with E-state index in [4.69, 9.17) is 0 Å². The third kappa shape index (κ3) is 4.26. The van der Waals surface area contributed by atoms with E-state index in [0.29, 0.717) is 0 Å². The minimum absolute atomic E-state index is 0.837. The molecule has 3 atom stereocenters. The molecule has 0 spiro atoms. The van der Waals surface area contributed by atoms with E-state index in [1.165, 1.54) is 77.5 Å². The minimum atomic E-state index is 0.837. The average Bonchev–Trinajstić information content (AvgIpc) is 2.73. The molecule has 0 amide bonds. The lowest BCUT2D eigenvalue weighted by molar-refractivity contribution is 0.221. The summed E-state index contributed by atoms with van der Waals surface area (Å²) in [4.78, 5) is 2.63. The monoisotopic (exact) mass is 238 g/mol. The molecular formula is C15H30N2. The zero-order valence-corrected chi connectivity index (χ0v) is 11.6. The van der Waals surface area contributed by atoms with E-state index in [2.05, 4.69) is 17.1 Å². The summed E-state index contributed by atoms with van der Waals surface area (Å²) in [6, 6.07) is 0.837. The van der Waals surface area contributed by atoms with Gasteiger partial charge in [-0.2, -0.15) is 0 Å². The second kappa shape index (κ2) is 7.38. The molecule has 0 radical (unpaired) electrons. The average molecular weight is 238 g/mol. The van der Waals surface area contributed by atoms with Crippen LogP contribution in [-0.2, 0) is 0 Å². The lowest BCUT2D eigenvalue weighted by Crippen LogP contribution is -2.44. The van der Waals surface area contributed by atoms with Crippen molar-refractivity contribution < 1.29 is 0 Å². The Hall–Kier alpha value is -0.0800. The van der Waals surface area contributed by atoms with Crippen molar-refractivity contribution in [2.75, 3.05) is 26.2 Å². The van der Waals surface area contributed by atoms with Gasteiger partial charge in [0.25, 0.3) is 0 Å². The normalized spacial score (nSPS) is 31.9. The van der Waals surface area contributed by atoms with Crippen LogP contribution in [0.15, 0.2) is 0 Å². The van der Waals surface area contributed by atoms with Gasteiger partial charge < -0.3 is 10.2 Å². The van der Waals surface area contributed by atoms with Gasteiger partial charge in [-0.25, -0.2) is 0 Å². The Balaban J connectivity index is 1.47. The Morgan fingerprint density at radius 3 is 2.65 bits per heavy atom. The molecule has 2 saturated heterocycles. The van der Waals surface area contributed by atoms with Gasteiger partial charge in [0, 0.05) is 12.6 Å². The van der Waals surface area contributed by atoms with E-state index in [9.17, 15) is 0 Å². The summed E-state index contributed by atoms with van der Waals surface area (Å²) < 4.78 is 0. The predicted octanol–water partition coefficient (Wildman–Crippen LogP) is 3.03. The molecule has 2 heterocycles. The van der Waals surface area contributed by atoms with Crippen molar-refractivity contribution in [3.8, 4) is 0 Å². The Labute approximate surface area is 107 Å². The molecule has 0 aliphatic carbocycles. The summed E-state index contributed by atoms with van der Waals surface area (Å²) in [5.41, 5.74) is 0. The fourth-order valence-corrected chi connectivity index (χ4v) is 3.41. The van der Waals surface area contributed by atoms with Crippen LogP contribution < -0.4 is 5.32 Å². The van der Waals surface area contributed by atoms with E-state index in [-0.39, 0.29) is 0 Å². The van der Waals surface area contributed by atoms with Gasteiger partial charge in [0.1, 0.15) is 0 Å². The standard InChI is InChI=1S/C15H30N2/c1-2-3-4-5-6-7-10-16-15-9-12-17-11-8-14(15)13-17/h14-16H,2-13H2,1H3. The molecule has 0 aromatic carbocycles. The van der Waals surface area contributed by atoms with E-state index in [0.717, 1.165) is 12.0 Å². The number of hydrogen-bond acceptors (Lipinski definition) is 2. The molecule has 2 aliphatic heterocycles. The molecule has 0 aromatic heterocycles. The Morgan fingerprint density at radius 2 is 1.76 bits per heavy atom. The first-order chi connectivity index (χ1) is 8.40. The highest BCUT2D eigenvalue weighted by molar-refractivity contribution is 4.90. The topological polar surface area (TPSA) is 15.3 Å². The summed E-state index contributed by atoms with van der Waals surface area (Å²) in [7, 11) is 0. The van der Waals surface area contributed by atoms with Crippen LogP contribution >= 0.6 is 0 Å². The van der Waals surface area contributed by atoms with E-state index < -0.39 is 0 Å². The molecule has 2 aliphatic rings. The predicted molar refractivity (Wildman–Crippen MR) is 74.3 cm³/mol. The Morgan fingerprint density at radius 1 is 1.00 bits per heavy atom. The molecule has 0 saturated carbocycles. The molecule has 2 fully saturated rings. The van der Waals surface area contributed by atoms with Crippen molar-refractivity contribution in [3.63, 3.8) is 0 Å². The molecule has 17 heavy (non-hydrogen) atoms. The summed E-state index contributed by atoms with van der Waals surface area (Å²) in [6.07, 6.45) is 11.3. The molecule has 1 N–H and O–H groups in total. The summed E-state index contributed by atoms with van der Waals surface area (Å²) in [5.74, 6) is 0.962. The smallest absolute Gasteiger partial charge is 0.0120 e. The number of piperidine rings is 1. The van der Waals surface area contributed by atoms with Gasteiger partial charge in [0.15, 0.2) is 0 Å². The van der Waals surface area contributed by atoms with Crippen molar-refractivity contribution in [2.24, 2.45) is 5.92 Å². The Kier molecular flexibility index (Phi) is 5.79. The van der Waals surface area contributed by atoms with Gasteiger partial charge in [-0.1, -0.05) is 39.0 Å². The van der Waals surface area contributed by atoms with Crippen LogP contribution in [0, 0.1) is 5.92 Å². The van der Waals surface area contributed by atoms with Gasteiger partial charge in [-0.05, 0) is 44.8 Å². The molecule has 2 bridgehead atoms. The van der Waals surface area contributed by atoms with E-state index in [1.54, 1.807) is 0 Å². The minimum Gasteiger partial charge on any atom is -0.314 e. The molecule has 2 nitrogen and oxygen atoms in total. The fourth-order valence-electron chi connectivity index (χ4n) is 3.41. The molecule has 0 aromatic rings. The highest BCUT2D eigenvalue weighted by Crippen LogP contribution is 2.26. The van der Waals surface area contributed by atoms with Crippen LogP contribution in [0.25, 0.3) is 0 Å². The van der Waals surface area contributed by atoms with Gasteiger partial charge in [0.05, 0.1) is 0 Å². The van der Waals surface area contributed by atoms with Crippen molar-refractivity contribution in [3.05, 3.63) is 0 Å². The summed E-state index contributed by atoms with van der Waals surface area (Å²) >= 11 is 0. The maximum Gasteiger partial charge on any atom is 0.0120 e. The second-order valence-electron chi connectivity index (χ2n) is 5.97. The van der Waals surface area contributed by atoms with Crippen molar-refractivity contribution in [1.29, 1.82) is 0 Å². The zero-order chi connectivity index (χ0) is 11.9. The number of unbranched alkanes of at least 4 members (excludes halogenated alkanes) is 5. The number of hydrogen-bond donors (Lipinski definition) is 1. The van der Waals surface area contributed by atoms with Crippen LogP contribution in [0.1, 0.15) is 58.3 Å². The first-order valence-electron chi connectivity index (χ1n) is 7.86. The third-order valence-corrected chi connectivity index (χ3v) is 4.57. The third-order valence-electron chi connectivity index (χ3n) is 4.57. The van der Waals surface area contributed by atoms with E-state index in [1.807, 2.05) is 0 Å². The number of fused-ring (bicyclic) bond motifs is 2. The van der Waals surface area contributed by atoms with Crippen LogP contribution in [0.3, 0.4) is 0 Å². The van der Waals surface area contributed by atoms with E-state index >= 15 is 0 Å². The SMILES string of the molecule is CCCCCCCCNC1CCN2CCC1C2.